The molecule has 0 radical (unpaired) electrons. The van der Waals surface area contributed by atoms with E-state index >= 15 is 0 Å². The van der Waals surface area contributed by atoms with Gasteiger partial charge in [-0.25, -0.2) is 0 Å². The van der Waals surface area contributed by atoms with Gasteiger partial charge in [-0.1, -0.05) is 13.3 Å². The summed E-state index contributed by atoms with van der Waals surface area (Å²) in [6.45, 7) is 4.13. The standard InChI is InChI=1S/C15H27F3N2O/c1-2-4-13-9-19-14(12-5-6-12)10-20(13)7-3-8-21-11-15(16,17)18/h12-14,19H,2-11H2,1H3. The van der Waals surface area contributed by atoms with Crippen molar-refractivity contribution in [2.24, 2.45) is 5.92 Å². The molecule has 0 amide bonds. The molecule has 124 valence electrons. The minimum Gasteiger partial charge on any atom is -0.372 e. The van der Waals surface area contributed by atoms with E-state index in [1.54, 1.807) is 0 Å². The molecule has 2 aliphatic rings. The fourth-order valence-electron chi connectivity index (χ4n) is 3.15. The highest BCUT2D eigenvalue weighted by molar-refractivity contribution is 4.94. The summed E-state index contributed by atoms with van der Waals surface area (Å²) in [6.07, 6.45) is 1.39. The van der Waals surface area contributed by atoms with Gasteiger partial charge in [0.1, 0.15) is 6.61 Å². The third kappa shape index (κ3) is 6.12. The van der Waals surface area contributed by atoms with Gasteiger partial charge in [0.25, 0.3) is 0 Å². The molecular weight excluding hydrogens is 281 g/mol. The van der Waals surface area contributed by atoms with Gasteiger partial charge in [-0.2, -0.15) is 13.2 Å². The zero-order valence-corrected chi connectivity index (χ0v) is 12.8. The average molecular weight is 308 g/mol. The Kier molecular flexibility index (Phi) is 6.32. The Morgan fingerprint density at radius 1 is 1.29 bits per heavy atom. The van der Waals surface area contributed by atoms with Crippen molar-refractivity contribution in [3.63, 3.8) is 0 Å². The number of piperazine rings is 1. The number of halogens is 3. The molecule has 1 heterocycles. The molecule has 2 unspecified atom stereocenters. The van der Waals surface area contributed by atoms with Crippen LogP contribution < -0.4 is 5.32 Å². The van der Waals surface area contributed by atoms with Crippen LogP contribution in [0.25, 0.3) is 0 Å². The lowest BCUT2D eigenvalue weighted by atomic mass is 10.0. The Labute approximate surface area is 125 Å². The van der Waals surface area contributed by atoms with Crippen molar-refractivity contribution in [3.8, 4) is 0 Å². The van der Waals surface area contributed by atoms with Crippen LogP contribution in [0, 0.1) is 5.92 Å². The third-order valence-corrected chi connectivity index (χ3v) is 4.38. The van der Waals surface area contributed by atoms with Gasteiger partial charge in [-0.15, -0.1) is 0 Å². The molecule has 2 atom stereocenters. The van der Waals surface area contributed by atoms with Gasteiger partial charge >= 0.3 is 6.18 Å². The van der Waals surface area contributed by atoms with Gasteiger partial charge in [0, 0.05) is 38.3 Å². The van der Waals surface area contributed by atoms with Crippen LogP contribution in [0.15, 0.2) is 0 Å². The van der Waals surface area contributed by atoms with Crippen LogP contribution in [-0.4, -0.2) is 56.0 Å². The molecule has 2 rings (SSSR count). The fraction of sp³-hybridized carbons (Fsp3) is 1.00. The van der Waals surface area contributed by atoms with Crippen LogP contribution in [-0.2, 0) is 4.74 Å². The molecule has 21 heavy (non-hydrogen) atoms. The predicted molar refractivity (Wildman–Crippen MR) is 76.3 cm³/mol. The first kappa shape index (κ1) is 17.0. The first-order valence-corrected chi connectivity index (χ1v) is 8.11. The Morgan fingerprint density at radius 3 is 2.67 bits per heavy atom. The minimum absolute atomic E-state index is 0.191. The summed E-state index contributed by atoms with van der Waals surface area (Å²) < 4.78 is 40.7. The Bertz CT molecular complexity index is 308. The van der Waals surface area contributed by atoms with Gasteiger partial charge in [0.15, 0.2) is 0 Å². The summed E-state index contributed by atoms with van der Waals surface area (Å²) in [5, 5.41) is 3.65. The lowest BCUT2D eigenvalue weighted by molar-refractivity contribution is -0.174. The SMILES string of the molecule is CCCC1CNC(C2CC2)CN1CCCOCC(F)(F)F. The second-order valence-corrected chi connectivity index (χ2v) is 6.31. The van der Waals surface area contributed by atoms with Crippen molar-refractivity contribution in [3.05, 3.63) is 0 Å². The van der Waals surface area contributed by atoms with Crippen LogP contribution in [0.3, 0.4) is 0 Å². The van der Waals surface area contributed by atoms with Crippen molar-refractivity contribution in [1.29, 1.82) is 0 Å². The number of hydrogen-bond donors (Lipinski definition) is 1. The molecule has 0 aromatic carbocycles. The molecular formula is C15H27F3N2O. The largest absolute Gasteiger partial charge is 0.411 e. The number of alkyl halides is 3. The van der Waals surface area contributed by atoms with Crippen molar-refractivity contribution in [2.45, 2.75) is 57.3 Å². The van der Waals surface area contributed by atoms with Crippen molar-refractivity contribution in [2.75, 3.05) is 32.8 Å². The summed E-state index contributed by atoms with van der Waals surface area (Å²) in [7, 11) is 0. The maximum Gasteiger partial charge on any atom is 0.411 e. The lowest BCUT2D eigenvalue weighted by Gasteiger charge is -2.40. The molecule has 2 fully saturated rings. The van der Waals surface area contributed by atoms with E-state index in [0.29, 0.717) is 18.5 Å². The summed E-state index contributed by atoms with van der Waals surface area (Å²) in [5.74, 6) is 0.816. The van der Waals surface area contributed by atoms with Crippen LogP contribution in [0.4, 0.5) is 13.2 Å². The van der Waals surface area contributed by atoms with Crippen LogP contribution in [0.1, 0.15) is 39.0 Å². The zero-order valence-electron chi connectivity index (χ0n) is 12.8. The van der Waals surface area contributed by atoms with E-state index in [9.17, 15) is 13.2 Å². The molecule has 0 spiro atoms. The molecule has 0 bridgehead atoms. The van der Waals surface area contributed by atoms with Gasteiger partial charge in [0.05, 0.1) is 0 Å². The first-order valence-electron chi connectivity index (χ1n) is 8.11. The second kappa shape index (κ2) is 7.79. The number of nitrogens with one attached hydrogen (secondary N) is 1. The lowest BCUT2D eigenvalue weighted by Crippen LogP contribution is -2.57. The van der Waals surface area contributed by atoms with E-state index in [-0.39, 0.29) is 6.61 Å². The average Bonchev–Trinajstić information content (AvgIpc) is 3.23. The number of nitrogens with zero attached hydrogens (tertiary/aromatic N) is 1. The number of hydrogen-bond acceptors (Lipinski definition) is 3. The van der Waals surface area contributed by atoms with E-state index in [0.717, 1.165) is 38.4 Å². The molecule has 1 aliphatic heterocycles. The van der Waals surface area contributed by atoms with Gasteiger partial charge in [0.2, 0.25) is 0 Å². The number of ether oxygens (including phenoxy) is 1. The van der Waals surface area contributed by atoms with Crippen molar-refractivity contribution >= 4 is 0 Å². The molecule has 0 aromatic heterocycles. The Hall–Kier alpha value is -0.330. The van der Waals surface area contributed by atoms with Crippen LogP contribution in [0.5, 0.6) is 0 Å². The smallest absolute Gasteiger partial charge is 0.372 e. The molecule has 1 saturated heterocycles. The molecule has 6 heteroatoms. The summed E-state index contributed by atoms with van der Waals surface area (Å²) in [6, 6.07) is 1.10. The van der Waals surface area contributed by atoms with E-state index in [1.807, 2.05) is 0 Å². The minimum atomic E-state index is -4.21. The fourth-order valence-corrected chi connectivity index (χ4v) is 3.15. The van der Waals surface area contributed by atoms with Crippen LogP contribution >= 0.6 is 0 Å². The molecule has 1 N–H and O–H groups in total. The normalized spacial score (nSPS) is 28.0. The molecule has 1 aliphatic carbocycles. The summed E-state index contributed by atoms with van der Waals surface area (Å²) in [5.41, 5.74) is 0. The Balaban J connectivity index is 1.68. The van der Waals surface area contributed by atoms with E-state index in [4.69, 9.17) is 4.74 Å². The quantitative estimate of drug-likeness (QED) is 0.698. The van der Waals surface area contributed by atoms with Crippen LogP contribution in [0.2, 0.25) is 0 Å². The number of rotatable bonds is 8. The van der Waals surface area contributed by atoms with E-state index < -0.39 is 12.8 Å². The molecule has 3 nitrogen and oxygen atoms in total. The third-order valence-electron chi connectivity index (χ3n) is 4.38. The van der Waals surface area contributed by atoms with E-state index in [2.05, 4.69) is 17.1 Å². The maximum absolute atomic E-state index is 12.0. The molecule has 0 aromatic rings. The van der Waals surface area contributed by atoms with Crippen molar-refractivity contribution in [1.82, 2.24) is 10.2 Å². The second-order valence-electron chi connectivity index (χ2n) is 6.31. The molecule has 1 saturated carbocycles. The predicted octanol–water partition coefficient (Wildman–Crippen LogP) is 2.81. The maximum atomic E-state index is 12.0. The highest BCUT2D eigenvalue weighted by atomic mass is 19.4. The van der Waals surface area contributed by atoms with E-state index in [1.165, 1.54) is 12.8 Å². The van der Waals surface area contributed by atoms with Gasteiger partial charge in [-0.3, -0.25) is 4.90 Å². The first-order chi connectivity index (χ1) is 9.99. The summed E-state index contributed by atoms with van der Waals surface area (Å²) in [4.78, 5) is 2.46. The van der Waals surface area contributed by atoms with Crippen molar-refractivity contribution < 1.29 is 17.9 Å². The van der Waals surface area contributed by atoms with Gasteiger partial charge < -0.3 is 10.1 Å². The highest BCUT2D eigenvalue weighted by Gasteiger charge is 2.36. The summed E-state index contributed by atoms with van der Waals surface area (Å²) >= 11 is 0. The monoisotopic (exact) mass is 308 g/mol. The van der Waals surface area contributed by atoms with Gasteiger partial charge in [-0.05, 0) is 31.6 Å². The Morgan fingerprint density at radius 2 is 2.05 bits per heavy atom. The topological polar surface area (TPSA) is 24.5 Å². The highest BCUT2D eigenvalue weighted by Crippen LogP contribution is 2.34. The zero-order chi connectivity index (χ0) is 15.3.